The first-order valence-electron chi connectivity index (χ1n) is 6.34. The first-order chi connectivity index (χ1) is 9.63. The lowest BCUT2D eigenvalue weighted by molar-refractivity contribution is 0.481. The van der Waals surface area contributed by atoms with Crippen LogP contribution in [0.25, 0.3) is 10.8 Å². The molecule has 1 N–H and O–H groups in total. The van der Waals surface area contributed by atoms with Crippen molar-refractivity contribution in [1.29, 1.82) is 0 Å². The molecule has 0 fully saturated rings. The van der Waals surface area contributed by atoms with Crippen LogP contribution < -0.4 is 0 Å². The molecule has 0 saturated heterocycles. The predicted octanol–water partition coefficient (Wildman–Crippen LogP) is 4.10. The summed E-state index contributed by atoms with van der Waals surface area (Å²) in [6.07, 6.45) is 0. The molecule has 0 radical (unpaired) electrons. The van der Waals surface area contributed by atoms with Crippen molar-refractivity contribution in [3.8, 4) is 5.75 Å². The maximum Gasteiger partial charge on any atom is 0.126 e. The summed E-state index contributed by atoms with van der Waals surface area (Å²) in [4.78, 5) is 9.82. The number of fused-ring (bicyclic) bond motifs is 1. The highest BCUT2D eigenvalue weighted by molar-refractivity contribution is 7.99. The quantitative estimate of drug-likeness (QED) is 0.719. The third-order valence-electron chi connectivity index (χ3n) is 3.02. The molecule has 0 amide bonds. The number of hydrogen-bond acceptors (Lipinski definition) is 4. The van der Waals surface area contributed by atoms with Crippen molar-refractivity contribution in [2.45, 2.75) is 23.8 Å². The Morgan fingerprint density at radius 3 is 2.45 bits per heavy atom. The van der Waals surface area contributed by atoms with E-state index in [-0.39, 0.29) is 0 Å². The molecule has 2 aromatic carbocycles. The van der Waals surface area contributed by atoms with Crippen LogP contribution in [0.3, 0.4) is 0 Å². The van der Waals surface area contributed by atoms with Gasteiger partial charge in [-0.15, -0.1) is 0 Å². The molecule has 100 valence electrons. The molecule has 0 aliphatic carbocycles. The average Bonchev–Trinajstić information content (AvgIpc) is 2.41. The van der Waals surface area contributed by atoms with Crippen LogP contribution in [0.15, 0.2) is 52.4 Å². The summed E-state index contributed by atoms with van der Waals surface area (Å²) in [5, 5.41) is 12.7. The zero-order valence-electron chi connectivity index (χ0n) is 11.3. The molecule has 0 atom stereocenters. The smallest absolute Gasteiger partial charge is 0.126 e. The molecule has 1 heterocycles. The van der Waals surface area contributed by atoms with E-state index in [1.165, 1.54) is 0 Å². The molecule has 3 rings (SSSR count). The Hall–Kier alpha value is -2.07. The third kappa shape index (κ3) is 2.47. The largest absolute Gasteiger partial charge is 0.507 e. The minimum atomic E-state index is 0.306. The SMILES string of the molecule is Cc1cc(Sc2ccc(O)c3ccccc23)nc(C)n1. The van der Waals surface area contributed by atoms with Gasteiger partial charge >= 0.3 is 0 Å². The summed E-state index contributed by atoms with van der Waals surface area (Å²) in [6, 6.07) is 13.5. The minimum absolute atomic E-state index is 0.306. The van der Waals surface area contributed by atoms with Crippen molar-refractivity contribution in [3.63, 3.8) is 0 Å². The van der Waals surface area contributed by atoms with Gasteiger partial charge in [-0.1, -0.05) is 36.0 Å². The molecular formula is C16H14N2OS. The number of phenols is 1. The molecule has 0 bridgehead atoms. The highest BCUT2D eigenvalue weighted by atomic mass is 32.2. The molecule has 0 saturated carbocycles. The van der Waals surface area contributed by atoms with Crippen molar-refractivity contribution in [1.82, 2.24) is 9.97 Å². The van der Waals surface area contributed by atoms with E-state index in [1.54, 1.807) is 17.8 Å². The minimum Gasteiger partial charge on any atom is -0.507 e. The van der Waals surface area contributed by atoms with Crippen LogP contribution in [0, 0.1) is 13.8 Å². The molecule has 3 aromatic rings. The van der Waals surface area contributed by atoms with Crippen LogP contribution in [-0.4, -0.2) is 15.1 Å². The maximum atomic E-state index is 9.92. The molecule has 1 aromatic heterocycles. The molecule has 3 nitrogen and oxygen atoms in total. The van der Waals surface area contributed by atoms with Gasteiger partial charge in [-0.25, -0.2) is 9.97 Å². The van der Waals surface area contributed by atoms with Crippen molar-refractivity contribution in [3.05, 3.63) is 54.0 Å². The van der Waals surface area contributed by atoms with Crippen LogP contribution in [0.1, 0.15) is 11.5 Å². The van der Waals surface area contributed by atoms with E-state index < -0.39 is 0 Å². The summed E-state index contributed by atoms with van der Waals surface area (Å²) in [6.45, 7) is 3.86. The van der Waals surface area contributed by atoms with Gasteiger partial charge in [-0.2, -0.15) is 0 Å². The molecular weight excluding hydrogens is 268 g/mol. The van der Waals surface area contributed by atoms with Gasteiger partial charge in [0.2, 0.25) is 0 Å². The number of aromatic hydroxyl groups is 1. The molecule has 0 aliphatic rings. The Balaban J connectivity index is 2.09. The Bertz CT molecular complexity index is 766. The number of aryl methyl sites for hydroxylation is 2. The number of phenolic OH excluding ortho intramolecular Hbond substituents is 1. The summed E-state index contributed by atoms with van der Waals surface area (Å²) in [5.74, 6) is 1.08. The fraction of sp³-hybridized carbons (Fsp3) is 0.125. The van der Waals surface area contributed by atoms with E-state index in [9.17, 15) is 5.11 Å². The van der Waals surface area contributed by atoms with Crippen LogP contribution in [0.2, 0.25) is 0 Å². The van der Waals surface area contributed by atoms with E-state index in [4.69, 9.17) is 0 Å². The van der Waals surface area contributed by atoms with Crippen LogP contribution in [0.5, 0.6) is 5.75 Å². The lowest BCUT2D eigenvalue weighted by Gasteiger charge is -2.08. The van der Waals surface area contributed by atoms with Crippen LogP contribution in [0.4, 0.5) is 0 Å². The van der Waals surface area contributed by atoms with E-state index in [2.05, 4.69) is 9.97 Å². The normalized spacial score (nSPS) is 10.9. The van der Waals surface area contributed by atoms with Crippen molar-refractivity contribution < 1.29 is 5.11 Å². The second-order valence-electron chi connectivity index (χ2n) is 4.63. The van der Waals surface area contributed by atoms with Crippen molar-refractivity contribution in [2.24, 2.45) is 0 Å². The van der Waals surface area contributed by atoms with Gasteiger partial charge in [-0.05, 0) is 37.4 Å². The average molecular weight is 282 g/mol. The molecule has 4 heteroatoms. The summed E-state index contributed by atoms with van der Waals surface area (Å²) in [7, 11) is 0. The number of nitrogens with zero attached hydrogens (tertiary/aromatic N) is 2. The third-order valence-corrected chi connectivity index (χ3v) is 4.01. The van der Waals surface area contributed by atoms with Crippen molar-refractivity contribution in [2.75, 3.05) is 0 Å². The van der Waals surface area contributed by atoms with Crippen LogP contribution >= 0.6 is 11.8 Å². The first-order valence-corrected chi connectivity index (χ1v) is 7.16. The van der Waals surface area contributed by atoms with Gasteiger partial charge in [0.15, 0.2) is 0 Å². The fourth-order valence-electron chi connectivity index (χ4n) is 2.19. The molecule has 0 spiro atoms. The highest BCUT2D eigenvalue weighted by Gasteiger charge is 2.08. The summed E-state index contributed by atoms with van der Waals surface area (Å²) < 4.78 is 0. The lowest BCUT2D eigenvalue weighted by Crippen LogP contribution is -1.92. The van der Waals surface area contributed by atoms with E-state index in [0.717, 1.165) is 32.2 Å². The fourth-order valence-corrected chi connectivity index (χ4v) is 3.25. The van der Waals surface area contributed by atoms with E-state index in [0.29, 0.717) is 5.75 Å². The maximum absolute atomic E-state index is 9.92. The lowest BCUT2D eigenvalue weighted by atomic mass is 10.1. The number of hydrogen-bond donors (Lipinski definition) is 1. The second-order valence-corrected chi connectivity index (χ2v) is 5.69. The zero-order valence-corrected chi connectivity index (χ0v) is 12.1. The van der Waals surface area contributed by atoms with Gasteiger partial charge < -0.3 is 5.11 Å². The number of aromatic nitrogens is 2. The predicted molar refractivity (Wildman–Crippen MR) is 81.2 cm³/mol. The van der Waals surface area contributed by atoms with Gasteiger partial charge in [0.25, 0.3) is 0 Å². The Labute approximate surface area is 121 Å². The number of benzene rings is 2. The standard InChI is InChI=1S/C16H14N2OS/c1-10-9-16(18-11(2)17-10)20-15-8-7-14(19)12-5-3-4-6-13(12)15/h3-9,19H,1-2H3. The van der Waals surface area contributed by atoms with Gasteiger partial charge in [0.1, 0.15) is 16.6 Å². The highest BCUT2D eigenvalue weighted by Crippen LogP contribution is 2.36. The molecule has 20 heavy (non-hydrogen) atoms. The Kier molecular flexibility index (Phi) is 3.32. The second kappa shape index (κ2) is 5.13. The van der Waals surface area contributed by atoms with Gasteiger partial charge in [-0.3, -0.25) is 0 Å². The van der Waals surface area contributed by atoms with Gasteiger partial charge in [0, 0.05) is 16.0 Å². The first kappa shape index (κ1) is 12.9. The Morgan fingerprint density at radius 2 is 1.70 bits per heavy atom. The summed E-state index contributed by atoms with van der Waals surface area (Å²) in [5.41, 5.74) is 0.961. The van der Waals surface area contributed by atoms with E-state index in [1.807, 2.05) is 50.2 Å². The van der Waals surface area contributed by atoms with Crippen LogP contribution in [-0.2, 0) is 0 Å². The molecule has 0 unspecified atom stereocenters. The Morgan fingerprint density at radius 1 is 0.950 bits per heavy atom. The monoisotopic (exact) mass is 282 g/mol. The zero-order chi connectivity index (χ0) is 14.1. The molecule has 0 aliphatic heterocycles. The number of rotatable bonds is 2. The topological polar surface area (TPSA) is 46.0 Å². The van der Waals surface area contributed by atoms with Crippen molar-refractivity contribution >= 4 is 22.5 Å². The van der Waals surface area contributed by atoms with E-state index >= 15 is 0 Å². The summed E-state index contributed by atoms with van der Waals surface area (Å²) >= 11 is 1.59. The van der Waals surface area contributed by atoms with Gasteiger partial charge in [0.05, 0.1) is 0 Å².